The predicted molar refractivity (Wildman–Crippen MR) is 44.1 cm³/mol. The first-order chi connectivity index (χ1) is 5.86. The highest BCUT2D eigenvalue weighted by Gasteiger charge is 2.62. The van der Waals surface area contributed by atoms with Crippen molar-refractivity contribution in [3.05, 3.63) is 0 Å². The van der Waals surface area contributed by atoms with Crippen molar-refractivity contribution in [1.82, 2.24) is 14.2 Å². The van der Waals surface area contributed by atoms with Crippen LogP contribution in [0.4, 0.5) is 22.0 Å². The molecule has 0 bridgehead atoms. The molecule has 0 aromatic rings. The van der Waals surface area contributed by atoms with E-state index in [1.807, 2.05) is 0 Å². The maximum atomic E-state index is 12.6. The molecule has 1 rings (SSSR count). The summed E-state index contributed by atoms with van der Waals surface area (Å²) < 4.78 is 60.5. The highest BCUT2D eigenvalue weighted by Crippen LogP contribution is 2.51. The molecule has 1 heterocycles. The van der Waals surface area contributed by atoms with Gasteiger partial charge in [-0.05, 0) is 0 Å². The van der Waals surface area contributed by atoms with Crippen LogP contribution in [-0.4, -0.2) is 16.7 Å². The van der Waals surface area contributed by atoms with Crippen molar-refractivity contribution in [2.75, 3.05) is 0 Å². The number of rotatable bonds is 1. The molecule has 13 heavy (non-hydrogen) atoms. The maximum Gasteiger partial charge on any atom is 0.470 e. The molecule has 0 aromatic heterocycles. The molecule has 2 unspecified atom stereocenters. The van der Waals surface area contributed by atoms with Crippen LogP contribution in [0.3, 0.4) is 0 Å². The van der Waals surface area contributed by atoms with Crippen LogP contribution in [-0.2, 0) is 0 Å². The molecule has 1 aliphatic heterocycles. The van der Waals surface area contributed by atoms with Crippen molar-refractivity contribution in [2.24, 2.45) is 0 Å². The van der Waals surface area contributed by atoms with Crippen LogP contribution < -0.4 is 9.72 Å². The SMILES string of the molecule is FC(F)(F)C(F)(F)N1PNPNP1. The summed E-state index contributed by atoms with van der Waals surface area (Å²) in [6, 6.07) is -4.76. The van der Waals surface area contributed by atoms with Crippen molar-refractivity contribution in [1.29, 1.82) is 0 Å². The molecule has 78 valence electrons. The van der Waals surface area contributed by atoms with Gasteiger partial charge >= 0.3 is 12.2 Å². The summed E-state index contributed by atoms with van der Waals surface area (Å²) >= 11 is 0. The van der Waals surface area contributed by atoms with Gasteiger partial charge < -0.3 is 0 Å². The molecule has 0 aromatic carbocycles. The second-order valence-electron chi connectivity index (χ2n) is 1.97. The van der Waals surface area contributed by atoms with Crippen LogP contribution in [0, 0.1) is 0 Å². The third-order valence-electron chi connectivity index (χ3n) is 1.08. The van der Waals surface area contributed by atoms with E-state index in [1.165, 1.54) is 0 Å². The Bertz CT molecular complexity index is 178. The lowest BCUT2D eigenvalue weighted by molar-refractivity contribution is -0.307. The normalized spacial score (nSPS) is 27.5. The van der Waals surface area contributed by atoms with Gasteiger partial charge in [0.1, 0.15) is 0 Å². The van der Waals surface area contributed by atoms with E-state index in [0.29, 0.717) is 0 Å². The zero-order valence-electron chi connectivity index (χ0n) is 5.84. The van der Waals surface area contributed by atoms with Gasteiger partial charge in [0.2, 0.25) is 0 Å². The van der Waals surface area contributed by atoms with E-state index in [2.05, 4.69) is 9.72 Å². The number of nitrogens with one attached hydrogen (secondary N) is 2. The van der Waals surface area contributed by atoms with Crippen molar-refractivity contribution in [2.45, 2.75) is 12.2 Å². The standard InChI is InChI=1S/C2H5F5N3P3/c3-1(4,5)2(6,7)10-12-8-11-9-13-10/h8-9,11-13H. The molecule has 0 amide bonds. The third-order valence-corrected chi connectivity index (χ3v) is 4.66. The van der Waals surface area contributed by atoms with E-state index >= 15 is 0 Å². The second kappa shape index (κ2) is 4.13. The summed E-state index contributed by atoms with van der Waals surface area (Å²) in [6.45, 7) is 0. The predicted octanol–water partition coefficient (Wildman–Crippen LogP) is 2.16. The van der Waals surface area contributed by atoms with Crippen LogP contribution in [0.25, 0.3) is 0 Å². The average molecular weight is 259 g/mol. The molecule has 11 heteroatoms. The third kappa shape index (κ3) is 2.65. The summed E-state index contributed by atoms with van der Waals surface area (Å²) in [5, 5.41) is 0. The minimum absolute atomic E-state index is 0.0325. The van der Waals surface area contributed by atoms with E-state index in [0.717, 1.165) is 0 Å². The Morgan fingerprint density at radius 2 is 1.38 bits per heavy atom. The Kier molecular flexibility index (Phi) is 3.78. The van der Waals surface area contributed by atoms with Crippen LogP contribution in [0.1, 0.15) is 0 Å². The lowest BCUT2D eigenvalue weighted by atomic mass is 10.6. The fraction of sp³-hybridized carbons (Fsp3) is 1.00. The molecule has 3 nitrogen and oxygen atoms in total. The van der Waals surface area contributed by atoms with Gasteiger partial charge in [-0.15, -0.1) is 0 Å². The molecule has 0 aliphatic carbocycles. The van der Waals surface area contributed by atoms with Crippen LogP contribution in [0.5, 0.6) is 0 Å². The van der Waals surface area contributed by atoms with Crippen LogP contribution in [0.2, 0.25) is 0 Å². The molecule has 2 atom stereocenters. The Hall–Kier alpha value is 0.820. The monoisotopic (exact) mass is 259 g/mol. The van der Waals surface area contributed by atoms with Crippen molar-refractivity contribution < 1.29 is 22.0 Å². The maximum absolute atomic E-state index is 12.6. The molecular formula is C2H5F5N3P3. The zero-order chi connectivity index (χ0) is 10.1. The highest BCUT2D eigenvalue weighted by molar-refractivity contribution is 7.65. The van der Waals surface area contributed by atoms with E-state index in [-0.39, 0.29) is 13.3 Å². The number of alkyl halides is 5. The molecule has 0 spiro atoms. The first kappa shape index (κ1) is 11.9. The average Bonchev–Trinajstić information content (AvgIpc) is 2.04. The van der Waals surface area contributed by atoms with E-state index in [1.54, 1.807) is 0 Å². The minimum atomic E-state index is -5.52. The lowest BCUT2D eigenvalue weighted by Crippen LogP contribution is -2.46. The van der Waals surface area contributed by atoms with Crippen molar-refractivity contribution in [3.63, 3.8) is 0 Å². The van der Waals surface area contributed by atoms with Gasteiger partial charge in [0.05, 0.1) is 0 Å². The molecule has 1 fully saturated rings. The highest BCUT2D eigenvalue weighted by atomic mass is 31.2. The number of halogens is 5. The smallest absolute Gasteiger partial charge is 0.253 e. The van der Waals surface area contributed by atoms with Gasteiger partial charge in [0, 0.05) is 26.6 Å². The quantitative estimate of drug-likeness (QED) is 0.429. The van der Waals surface area contributed by atoms with E-state index in [4.69, 9.17) is 0 Å². The van der Waals surface area contributed by atoms with Crippen LogP contribution >= 0.6 is 26.6 Å². The molecule has 0 radical (unpaired) electrons. The zero-order valence-corrected chi connectivity index (χ0v) is 8.84. The van der Waals surface area contributed by atoms with Gasteiger partial charge in [0.15, 0.2) is 0 Å². The van der Waals surface area contributed by atoms with E-state index in [9.17, 15) is 22.0 Å². The molecule has 1 saturated heterocycles. The summed E-state index contributed by atoms with van der Waals surface area (Å²) in [6.07, 6.45) is -5.52. The summed E-state index contributed by atoms with van der Waals surface area (Å²) in [7, 11) is -1.38. The Balaban J connectivity index is 2.67. The lowest BCUT2D eigenvalue weighted by Gasteiger charge is -2.34. The topological polar surface area (TPSA) is 27.3 Å². The molecule has 0 saturated carbocycles. The summed E-state index contributed by atoms with van der Waals surface area (Å²) in [5.41, 5.74) is 0. The van der Waals surface area contributed by atoms with Gasteiger partial charge in [-0.2, -0.15) is 26.4 Å². The van der Waals surface area contributed by atoms with Gasteiger partial charge in [-0.25, -0.2) is 0 Å². The number of hydrogen-bond donors (Lipinski definition) is 2. The molecule has 1 aliphatic rings. The Labute approximate surface area is 75.9 Å². The minimum Gasteiger partial charge on any atom is -0.253 e. The largest absolute Gasteiger partial charge is 0.470 e. The van der Waals surface area contributed by atoms with E-state index < -0.39 is 30.0 Å². The van der Waals surface area contributed by atoms with Gasteiger partial charge in [0.25, 0.3) is 0 Å². The molecule has 2 N–H and O–H groups in total. The molecular weight excluding hydrogens is 254 g/mol. The first-order valence-corrected chi connectivity index (χ1v) is 5.76. The van der Waals surface area contributed by atoms with Crippen LogP contribution in [0.15, 0.2) is 0 Å². The second-order valence-corrected chi connectivity index (χ2v) is 6.01. The fourth-order valence-corrected chi connectivity index (χ4v) is 4.41. The van der Waals surface area contributed by atoms with Crippen molar-refractivity contribution in [3.8, 4) is 0 Å². The van der Waals surface area contributed by atoms with Crippen molar-refractivity contribution >= 4 is 26.6 Å². The van der Waals surface area contributed by atoms with Gasteiger partial charge in [-0.3, -0.25) is 9.72 Å². The van der Waals surface area contributed by atoms with Gasteiger partial charge in [-0.1, -0.05) is 0 Å². The number of nitrogens with zero attached hydrogens (tertiary/aromatic N) is 1. The summed E-state index contributed by atoms with van der Waals surface area (Å²) in [5.74, 6) is 0. The summed E-state index contributed by atoms with van der Waals surface area (Å²) in [4.78, 5) is 4.82. The Morgan fingerprint density at radius 3 is 1.77 bits per heavy atom. The number of hydrogen-bond acceptors (Lipinski definition) is 3. The fourth-order valence-electron chi connectivity index (χ4n) is 0.494. The first-order valence-electron chi connectivity index (χ1n) is 2.87. The Morgan fingerprint density at radius 1 is 0.923 bits per heavy atom.